The fourth-order valence-corrected chi connectivity index (χ4v) is 3.57. The highest BCUT2D eigenvalue weighted by Crippen LogP contribution is 2.39. The van der Waals surface area contributed by atoms with Crippen LogP contribution < -0.4 is 14.2 Å². The van der Waals surface area contributed by atoms with E-state index in [-0.39, 0.29) is 11.9 Å². The molecule has 5 heteroatoms. The molecule has 0 unspecified atom stereocenters. The number of hydrogen-bond donors (Lipinski definition) is 0. The van der Waals surface area contributed by atoms with Gasteiger partial charge in [0.05, 0.1) is 27.4 Å². The topological polar surface area (TPSA) is 48.0 Å². The number of amides is 1. The molecule has 1 fully saturated rings. The number of methoxy groups -OCH3 is 3. The van der Waals surface area contributed by atoms with E-state index in [1.807, 2.05) is 23.1 Å². The molecule has 1 aliphatic heterocycles. The van der Waals surface area contributed by atoms with Gasteiger partial charge in [-0.3, -0.25) is 4.79 Å². The fraction of sp³-hybridized carbons (Fsp3) is 0.381. The van der Waals surface area contributed by atoms with E-state index in [1.54, 1.807) is 33.5 Å². The summed E-state index contributed by atoms with van der Waals surface area (Å²) in [7, 11) is 4.66. The molecule has 0 bridgehead atoms. The van der Waals surface area contributed by atoms with E-state index in [4.69, 9.17) is 14.2 Å². The number of piperidine rings is 1. The number of hydrogen-bond acceptors (Lipinski definition) is 4. The summed E-state index contributed by atoms with van der Waals surface area (Å²) in [5.41, 5.74) is 1.72. The molecule has 0 aromatic heterocycles. The Morgan fingerprint density at radius 3 is 2.19 bits per heavy atom. The number of carbonyl (C=O) groups excluding carboxylic acids is 1. The lowest BCUT2D eigenvalue weighted by Gasteiger charge is -2.36. The van der Waals surface area contributed by atoms with Gasteiger partial charge >= 0.3 is 0 Å². The van der Waals surface area contributed by atoms with Crippen molar-refractivity contribution < 1.29 is 19.0 Å². The molecule has 0 aliphatic carbocycles. The van der Waals surface area contributed by atoms with Gasteiger partial charge in [0.25, 0.3) is 5.91 Å². The minimum atomic E-state index is -0.0159. The standard InChI is InChI=1S/C21H25NO4/c1-24-18-13-16(14-19(25-2)20(18)26-3)21(23)22-12-8-7-11-17(22)15-9-5-4-6-10-15/h4-6,9-10,13-14,17H,7-8,11-12H2,1-3H3/t17-/m0/s1. The van der Waals surface area contributed by atoms with Gasteiger partial charge in [-0.15, -0.1) is 0 Å². The summed E-state index contributed by atoms with van der Waals surface area (Å²) in [6.07, 6.45) is 3.11. The molecule has 0 N–H and O–H groups in total. The third kappa shape index (κ3) is 3.47. The van der Waals surface area contributed by atoms with Crippen molar-refractivity contribution >= 4 is 5.91 Å². The molecule has 1 amide bonds. The molecular formula is C21H25NO4. The number of nitrogens with zero attached hydrogens (tertiary/aromatic N) is 1. The highest BCUT2D eigenvalue weighted by molar-refractivity contribution is 5.96. The van der Waals surface area contributed by atoms with Crippen LogP contribution in [0.3, 0.4) is 0 Å². The van der Waals surface area contributed by atoms with E-state index in [0.29, 0.717) is 22.8 Å². The summed E-state index contributed by atoms with van der Waals surface area (Å²) in [4.78, 5) is 15.3. The summed E-state index contributed by atoms with van der Waals surface area (Å²) in [5.74, 6) is 1.45. The maximum Gasteiger partial charge on any atom is 0.254 e. The molecule has 0 radical (unpaired) electrons. The monoisotopic (exact) mass is 355 g/mol. The Morgan fingerprint density at radius 2 is 1.62 bits per heavy atom. The molecule has 0 spiro atoms. The predicted molar refractivity (Wildman–Crippen MR) is 100 cm³/mol. The molecule has 5 nitrogen and oxygen atoms in total. The van der Waals surface area contributed by atoms with Crippen LogP contribution in [0.15, 0.2) is 42.5 Å². The van der Waals surface area contributed by atoms with Crippen LogP contribution in [0.5, 0.6) is 17.2 Å². The molecule has 1 heterocycles. The van der Waals surface area contributed by atoms with Gasteiger partial charge in [-0.05, 0) is 37.0 Å². The number of likely N-dealkylation sites (tertiary alicyclic amines) is 1. The second kappa shape index (κ2) is 8.13. The highest BCUT2D eigenvalue weighted by Gasteiger charge is 2.29. The minimum absolute atomic E-state index is 0.0159. The zero-order chi connectivity index (χ0) is 18.5. The van der Waals surface area contributed by atoms with E-state index in [0.717, 1.165) is 25.8 Å². The van der Waals surface area contributed by atoms with Crippen LogP contribution in [0.25, 0.3) is 0 Å². The van der Waals surface area contributed by atoms with Gasteiger partial charge in [0.1, 0.15) is 0 Å². The summed E-state index contributed by atoms with van der Waals surface area (Å²) in [5, 5.41) is 0. The van der Waals surface area contributed by atoms with Crippen LogP contribution in [-0.4, -0.2) is 38.7 Å². The Morgan fingerprint density at radius 1 is 0.962 bits per heavy atom. The lowest BCUT2D eigenvalue weighted by atomic mass is 9.94. The van der Waals surface area contributed by atoms with E-state index in [9.17, 15) is 4.79 Å². The zero-order valence-electron chi connectivity index (χ0n) is 15.5. The maximum absolute atomic E-state index is 13.3. The first-order chi connectivity index (χ1) is 12.7. The third-order valence-electron chi connectivity index (χ3n) is 4.86. The van der Waals surface area contributed by atoms with Crippen LogP contribution >= 0.6 is 0 Å². The van der Waals surface area contributed by atoms with Crippen molar-refractivity contribution in [2.45, 2.75) is 25.3 Å². The van der Waals surface area contributed by atoms with Crippen molar-refractivity contribution in [3.8, 4) is 17.2 Å². The van der Waals surface area contributed by atoms with Crippen LogP contribution in [0.1, 0.15) is 41.2 Å². The second-order valence-electron chi connectivity index (χ2n) is 6.33. The Balaban J connectivity index is 1.96. The summed E-state index contributed by atoms with van der Waals surface area (Å²) >= 11 is 0. The molecule has 1 atom stereocenters. The summed E-state index contributed by atoms with van der Waals surface area (Å²) in [6, 6.07) is 13.8. The van der Waals surface area contributed by atoms with Gasteiger partial charge in [-0.2, -0.15) is 0 Å². The average molecular weight is 355 g/mol. The van der Waals surface area contributed by atoms with E-state index in [2.05, 4.69) is 12.1 Å². The Bertz CT molecular complexity index is 735. The first kappa shape index (κ1) is 18.1. The van der Waals surface area contributed by atoms with Crippen molar-refractivity contribution in [3.63, 3.8) is 0 Å². The van der Waals surface area contributed by atoms with Crippen molar-refractivity contribution in [1.29, 1.82) is 0 Å². The van der Waals surface area contributed by atoms with E-state index >= 15 is 0 Å². The molecule has 2 aromatic carbocycles. The van der Waals surface area contributed by atoms with E-state index < -0.39 is 0 Å². The molecular weight excluding hydrogens is 330 g/mol. The van der Waals surface area contributed by atoms with Gasteiger partial charge < -0.3 is 19.1 Å². The minimum Gasteiger partial charge on any atom is -0.493 e. The number of carbonyl (C=O) groups is 1. The SMILES string of the molecule is COc1cc(C(=O)N2CCCC[C@H]2c2ccccc2)cc(OC)c1OC. The Hall–Kier alpha value is -2.69. The second-order valence-corrected chi connectivity index (χ2v) is 6.33. The normalized spacial score (nSPS) is 16.9. The van der Waals surface area contributed by atoms with Gasteiger partial charge in [0, 0.05) is 12.1 Å². The number of rotatable bonds is 5. The van der Waals surface area contributed by atoms with Crippen molar-refractivity contribution in [3.05, 3.63) is 53.6 Å². The first-order valence-corrected chi connectivity index (χ1v) is 8.85. The first-order valence-electron chi connectivity index (χ1n) is 8.85. The third-order valence-corrected chi connectivity index (χ3v) is 4.86. The van der Waals surface area contributed by atoms with Crippen LogP contribution in [0.2, 0.25) is 0 Å². The molecule has 0 saturated carbocycles. The average Bonchev–Trinajstić information content (AvgIpc) is 2.72. The fourth-order valence-electron chi connectivity index (χ4n) is 3.57. The van der Waals surface area contributed by atoms with Crippen LogP contribution in [-0.2, 0) is 0 Å². The predicted octanol–water partition coefficient (Wildman–Crippen LogP) is 4.08. The summed E-state index contributed by atoms with van der Waals surface area (Å²) in [6.45, 7) is 0.745. The van der Waals surface area contributed by atoms with Crippen molar-refractivity contribution in [1.82, 2.24) is 4.90 Å². The molecule has 1 aliphatic rings. The van der Waals surface area contributed by atoms with E-state index in [1.165, 1.54) is 5.56 Å². The van der Waals surface area contributed by atoms with Gasteiger partial charge in [0.2, 0.25) is 5.75 Å². The largest absolute Gasteiger partial charge is 0.493 e. The molecule has 3 rings (SSSR count). The molecule has 26 heavy (non-hydrogen) atoms. The maximum atomic E-state index is 13.3. The number of ether oxygens (including phenoxy) is 3. The van der Waals surface area contributed by atoms with Crippen LogP contribution in [0.4, 0.5) is 0 Å². The van der Waals surface area contributed by atoms with Crippen molar-refractivity contribution in [2.24, 2.45) is 0 Å². The lowest BCUT2D eigenvalue weighted by Crippen LogP contribution is -2.38. The van der Waals surface area contributed by atoms with Gasteiger partial charge in [0.15, 0.2) is 11.5 Å². The van der Waals surface area contributed by atoms with Crippen LogP contribution in [0, 0.1) is 0 Å². The smallest absolute Gasteiger partial charge is 0.254 e. The quantitative estimate of drug-likeness (QED) is 0.811. The molecule has 138 valence electrons. The van der Waals surface area contributed by atoms with Gasteiger partial charge in [-0.1, -0.05) is 30.3 Å². The lowest BCUT2D eigenvalue weighted by molar-refractivity contribution is 0.0610. The van der Waals surface area contributed by atoms with Gasteiger partial charge in [-0.25, -0.2) is 0 Å². The summed E-state index contributed by atoms with van der Waals surface area (Å²) < 4.78 is 16.1. The highest BCUT2D eigenvalue weighted by atomic mass is 16.5. The zero-order valence-corrected chi connectivity index (χ0v) is 15.5. The Kier molecular flexibility index (Phi) is 5.66. The Labute approximate surface area is 154 Å². The molecule has 1 saturated heterocycles. The number of benzene rings is 2. The van der Waals surface area contributed by atoms with Crippen molar-refractivity contribution in [2.75, 3.05) is 27.9 Å². The molecule has 2 aromatic rings.